The van der Waals surface area contributed by atoms with Crippen LogP contribution in [0.4, 0.5) is 9.52 Å². The van der Waals surface area contributed by atoms with Crippen LogP contribution in [-0.4, -0.2) is 26.6 Å². The number of anilines is 1. The van der Waals surface area contributed by atoms with Gasteiger partial charge in [-0.2, -0.15) is 0 Å². The molecule has 0 unspecified atom stereocenters. The molecule has 0 atom stereocenters. The fourth-order valence-corrected chi connectivity index (χ4v) is 6.33. The molecule has 6 nitrogen and oxygen atoms in total. The third-order valence-electron chi connectivity index (χ3n) is 5.00. The minimum absolute atomic E-state index is 0.0899. The van der Waals surface area contributed by atoms with E-state index >= 15 is 0 Å². The molecule has 2 N–H and O–H groups in total. The molecule has 5 rings (SSSR count). The first-order chi connectivity index (χ1) is 15.1. The second kappa shape index (κ2) is 8.52. The molecule has 1 aromatic carbocycles. The number of thiazole rings is 1. The van der Waals surface area contributed by atoms with Gasteiger partial charge in [-0.05, 0) is 37.0 Å². The maximum absolute atomic E-state index is 13.9. The predicted molar refractivity (Wildman–Crippen MR) is 125 cm³/mol. The second-order valence-corrected chi connectivity index (χ2v) is 10.0. The minimum atomic E-state index is -0.351. The Morgan fingerprint density at radius 2 is 2.13 bits per heavy atom. The van der Waals surface area contributed by atoms with Crippen molar-refractivity contribution in [3.63, 3.8) is 0 Å². The maximum atomic E-state index is 13.9. The highest BCUT2D eigenvalue weighted by molar-refractivity contribution is 7.99. The van der Waals surface area contributed by atoms with Gasteiger partial charge in [0.15, 0.2) is 5.13 Å². The number of hydrogen-bond acceptors (Lipinski definition) is 7. The van der Waals surface area contributed by atoms with E-state index in [4.69, 9.17) is 0 Å². The van der Waals surface area contributed by atoms with Crippen LogP contribution in [0.5, 0.6) is 0 Å². The van der Waals surface area contributed by atoms with E-state index in [1.807, 2.05) is 0 Å². The van der Waals surface area contributed by atoms with Crippen LogP contribution in [0.3, 0.4) is 0 Å². The van der Waals surface area contributed by atoms with Gasteiger partial charge in [0.1, 0.15) is 16.5 Å². The lowest BCUT2D eigenvalue weighted by molar-refractivity contribution is -0.113. The lowest BCUT2D eigenvalue weighted by Gasteiger charge is -2.03. The van der Waals surface area contributed by atoms with Gasteiger partial charge in [-0.3, -0.25) is 9.59 Å². The minimum Gasteiger partial charge on any atom is -0.309 e. The lowest BCUT2D eigenvalue weighted by atomic mass is 10.2. The Balaban J connectivity index is 1.19. The van der Waals surface area contributed by atoms with Gasteiger partial charge in [-0.1, -0.05) is 12.1 Å². The normalized spacial score (nSPS) is 12.9. The van der Waals surface area contributed by atoms with Crippen LogP contribution in [0.1, 0.15) is 22.7 Å². The first-order valence-corrected chi connectivity index (χ1v) is 12.5. The van der Waals surface area contributed by atoms with Crippen LogP contribution in [0.25, 0.3) is 21.5 Å². The summed E-state index contributed by atoms with van der Waals surface area (Å²) in [6, 6.07) is 6.39. The fraction of sp³-hybridized carbons (Fsp3) is 0.238. The molecule has 0 saturated heterocycles. The molecule has 0 saturated carbocycles. The second-order valence-electron chi connectivity index (χ2n) is 7.11. The molecule has 1 aliphatic rings. The van der Waals surface area contributed by atoms with Crippen molar-refractivity contribution in [1.82, 2.24) is 15.0 Å². The number of thioether (sulfide) groups is 1. The molecule has 10 heteroatoms. The van der Waals surface area contributed by atoms with Gasteiger partial charge in [0.2, 0.25) is 5.91 Å². The van der Waals surface area contributed by atoms with Crippen molar-refractivity contribution in [2.75, 3.05) is 11.1 Å². The number of H-pyrrole nitrogens is 1. The van der Waals surface area contributed by atoms with Crippen molar-refractivity contribution in [2.24, 2.45) is 0 Å². The average molecular weight is 473 g/mol. The van der Waals surface area contributed by atoms with Crippen molar-refractivity contribution in [3.8, 4) is 11.3 Å². The van der Waals surface area contributed by atoms with Gasteiger partial charge in [-0.25, -0.2) is 14.4 Å². The number of rotatable bonds is 6. The van der Waals surface area contributed by atoms with Gasteiger partial charge in [-0.15, -0.1) is 34.4 Å². The third-order valence-corrected chi connectivity index (χ3v) is 7.88. The standard InChI is InChI=1S/C21H17FN4O2S3/c22-13-6-2-1-4-11(13)14-8-30-21(23-14)26-17(27)10-29-9-16-24-19(28)18-12-5-3-7-15(12)31-20(18)25-16/h1-2,4,6,8H,3,5,7,9-10H2,(H,23,26,27)(H,24,25,28). The number of aromatic nitrogens is 3. The smallest absolute Gasteiger partial charge is 0.259 e. The highest BCUT2D eigenvalue weighted by Crippen LogP contribution is 2.34. The monoisotopic (exact) mass is 472 g/mol. The summed E-state index contributed by atoms with van der Waals surface area (Å²) in [5.41, 5.74) is 1.96. The topological polar surface area (TPSA) is 87.7 Å². The number of aromatic amines is 1. The van der Waals surface area contributed by atoms with E-state index in [2.05, 4.69) is 20.3 Å². The number of amides is 1. The Morgan fingerprint density at radius 3 is 3.00 bits per heavy atom. The Kier molecular flexibility index (Phi) is 5.59. The largest absolute Gasteiger partial charge is 0.309 e. The number of fused-ring (bicyclic) bond motifs is 3. The molecular formula is C21H17FN4O2S3. The summed E-state index contributed by atoms with van der Waals surface area (Å²) in [7, 11) is 0. The number of nitrogens with zero attached hydrogens (tertiary/aromatic N) is 2. The van der Waals surface area contributed by atoms with Gasteiger partial charge in [0, 0.05) is 15.8 Å². The van der Waals surface area contributed by atoms with E-state index in [1.54, 1.807) is 34.9 Å². The van der Waals surface area contributed by atoms with Crippen molar-refractivity contribution in [3.05, 3.63) is 62.1 Å². The zero-order valence-electron chi connectivity index (χ0n) is 16.2. The summed E-state index contributed by atoms with van der Waals surface area (Å²) < 4.78 is 13.9. The Bertz CT molecular complexity index is 1340. The molecule has 0 radical (unpaired) electrons. The molecular weight excluding hydrogens is 455 g/mol. The van der Waals surface area contributed by atoms with E-state index < -0.39 is 0 Å². The molecule has 158 valence electrons. The molecule has 4 aromatic rings. The molecule has 0 aliphatic heterocycles. The first kappa shape index (κ1) is 20.3. The van der Waals surface area contributed by atoms with Crippen molar-refractivity contribution in [2.45, 2.75) is 25.0 Å². The fourth-order valence-electron chi connectivity index (χ4n) is 3.63. The third kappa shape index (κ3) is 4.15. The zero-order valence-corrected chi connectivity index (χ0v) is 18.7. The quantitative estimate of drug-likeness (QED) is 0.428. The lowest BCUT2D eigenvalue weighted by Crippen LogP contribution is -2.15. The van der Waals surface area contributed by atoms with Crippen LogP contribution in [0.2, 0.25) is 0 Å². The van der Waals surface area contributed by atoms with Gasteiger partial charge < -0.3 is 10.3 Å². The number of halogens is 1. The summed E-state index contributed by atoms with van der Waals surface area (Å²) in [5.74, 6) is 0.636. The van der Waals surface area contributed by atoms with Gasteiger partial charge in [0.25, 0.3) is 5.56 Å². The summed E-state index contributed by atoms with van der Waals surface area (Å²) in [6.45, 7) is 0. The Labute approximate surface area is 189 Å². The molecule has 0 bridgehead atoms. The van der Waals surface area contributed by atoms with E-state index in [0.717, 1.165) is 35.0 Å². The van der Waals surface area contributed by atoms with Gasteiger partial charge >= 0.3 is 0 Å². The SMILES string of the molecule is O=C(CSCc1nc2sc3c(c2c(=O)[nH]1)CCC3)Nc1nc(-c2ccccc2F)cs1. The van der Waals surface area contributed by atoms with E-state index in [1.165, 1.54) is 34.0 Å². The number of carbonyl (C=O) groups is 1. The molecule has 3 heterocycles. The molecule has 0 fully saturated rings. The molecule has 1 aliphatic carbocycles. The van der Waals surface area contributed by atoms with Crippen LogP contribution >= 0.6 is 34.4 Å². The molecule has 1 amide bonds. The summed E-state index contributed by atoms with van der Waals surface area (Å²) >= 11 is 4.22. The number of aryl methyl sites for hydroxylation is 2. The molecule has 3 aromatic heterocycles. The highest BCUT2D eigenvalue weighted by atomic mass is 32.2. The molecule has 31 heavy (non-hydrogen) atoms. The summed E-state index contributed by atoms with van der Waals surface area (Å²) in [4.78, 5) is 38.6. The number of thiophene rings is 1. The van der Waals surface area contributed by atoms with E-state index in [0.29, 0.717) is 28.0 Å². The summed E-state index contributed by atoms with van der Waals surface area (Å²) in [5, 5.41) is 5.61. The zero-order chi connectivity index (χ0) is 21.4. The van der Waals surface area contributed by atoms with E-state index in [-0.39, 0.29) is 23.0 Å². The van der Waals surface area contributed by atoms with Crippen LogP contribution < -0.4 is 10.9 Å². The highest BCUT2D eigenvalue weighted by Gasteiger charge is 2.21. The number of benzene rings is 1. The number of nitrogens with one attached hydrogen (secondary N) is 2. The summed E-state index contributed by atoms with van der Waals surface area (Å²) in [6.07, 6.45) is 3.07. The van der Waals surface area contributed by atoms with E-state index in [9.17, 15) is 14.0 Å². The number of carbonyl (C=O) groups excluding carboxylic acids is 1. The average Bonchev–Trinajstić information content (AvgIpc) is 3.44. The van der Waals surface area contributed by atoms with Crippen LogP contribution in [0, 0.1) is 5.82 Å². The van der Waals surface area contributed by atoms with Crippen molar-refractivity contribution >= 4 is 55.7 Å². The number of hydrogen-bond donors (Lipinski definition) is 2. The van der Waals surface area contributed by atoms with Crippen molar-refractivity contribution in [1.29, 1.82) is 0 Å². The first-order valence-electron chi connectivity index (χ1n) is 9.70. The Hall–Kier alpha value is -2.56. The predicted octanol–water partition coefficient (Wildman–Crippen LogP) is 4.61. The van der Waals surface area contributed by atoms with Crippen LogP contribution in [-0.2, 0) is 23.4 Å². The van der Waals surface area contributed by atoms with Crippen LogP contribution in [0.15, 0.2) is 34.4 Å². The molecule has 0 spiro atoms. The van der Waals surface area contributed by atoms with Gasteiger partial charge in [0.05, 0.1) is 22.6 Å². The van der Waals surface area contributed by atoms with Crippen molar-refractivity contribution < 1.29 is 9.18 Å². The Morgan fingerprint density at radius 1 is 1.26 bits per heavy atom. The maximum Gasteiger partial charge on any atom is 0.259 e.